The number of phenolic OH excluding ortho intramolecular Hbond substituents is 1. The van der Waals surface area contributed by atoms with E-state index in [1.54, 1.807) is 13.2 Å². The lowest BCUT2D eigenvalue weighted by atomic mass is 10.1. The van der Waals surface area contributed by atoms with Crippen molar-refractivity contribution in [3.8, 4) is 28.6 Å². The van der Waals surface area contributed by atoms with E-state index in [9.17, 15) is 9.59 Å². The maximum atomic E-state index is 11.0. The molecule has 8 heteroatoms. The van der Waals surface area contributed by atoms with Crippen LogP contribution in [0.3, 0.4) is 0 Å². The van der Waals surface area contributed by atoms with E-state index in [2.05, 4.69) is 20.7 Å². The molecule has 40 heavy (non-hydrogen) atoms. The van der Waals surface area contributed by atoms with E-state index in [1.807, 2.05) is 84.9 Å². The van der Waals surface area contributed by atoms with Gasteiger partial charge in [0.25, 0.3) is 0 Å². The Kier molecular flexibility index (Phi) is 11.3. The average molecular weight is 605 g/mol. The Labute approximate surface area is 241 Å². The molecule has 1 atom stereocenters. The van der Waals surface area contributed by atoms with Gasteiger partial charge in [-0.05, 0) is 35.9 Å². The first kappa shape index (κ1) is 30.0. The Hall–Kier alpha value is -4.56. The molecule has 0 aliphatic rings. The average Bonchev–Trinajstić information content (AvgIpc) is 3.45. The molecule has 0 aliphatic heterocycles. The van der Waals surface area contributed by atoms with E-state index < -0.39 is 0 Å². The number of esters is 1. The highest BCUT2D eigenvalue weighted by Crippen LogP contribution is 2.30. The maximum absolute atomic E-state index is 11.0. The van der Waals surface area contributed by atoms with Crippen LogP contribution in [-0.4, -0.2) is 38.7 Å². The van der Waals surface area contributed by atoms with Crippen LogP contribution in [0, 0.1) is 0 Å². The quantitative estimate of drug-likeness (QED) is 0.121. The summed E-state index contributed by atoms with van der Waals surface area (Å²) in [7, 11) is 4.52. The molecular formula is C32H29BrO7. The first-order valence-corrected chi connectivity index (χ1v) is 13.0. The number of rotatable bonds is 6. The number of ether oxygens (including phenoxy) is 3. The third kappa shape index (κ3) is 8.22. The second kappa shape index (κ2) is 15.1. The van der Waals surface area contributed by atoms with Crippen molar-refractivity contribution >= 4 is 39.2 Å². The van der Waals surface area contributed by atoms with E-state index >= 15 is 0 Å². The fourth-order valence-electron chi connectivity index (χ4n) is 3.49. The van der Waals surface area contributed by atoms with Crippen LogP contribution in [0.5, 0.6) is 17.2 Å². The number of hydrogen-bond acceptors (Lipinski definition) is 7. The van der Waals surface area contributed by atoms with Crippen molar-refractivity contribution in [2.45, 2.75) is 4.83 Å². The maximum Gasteiger partial charge on any atom is 0.323 e. The first-order valence-electron chi connectivity index (χ1n) is 12.1. The van der Waals surface area contributed by atoms with E-state index in [0.717, 1.165) is 33.6 Å². The zero-order valence-electron chi connectivity index (χ0n) is 22.2. The van der Waals surface area contributed by atoms with Gasteiger partial charge < -0.3 is 23.7 Å². The summed E-state index contributed by atoms with van der Waals surface area (Å²) in [4.78, 5) is 20.9. The summed E-state index contributed by atoms with van der Waals surface area (Å²) in [5.74, 6) is 1.90. The predicted molar refractivity (Wildman–Crippen MR) is 158 cm³/mol. The van der Waals surface area contributed by atoms with E-state index in [0.29, 0.717) is 12.0 Å². The highest BCUT2D eigenvalue weighted by Gasteiger charge is 2.16. The molecule has 1 aromatic heterocycles. The SMILES string of the molecule is COC(=O)C(Br)c1ccccc1.COc1ccc(C=O)c(O)c1.COc1ccc2cc(-c3ccccc3)oc2c1. The van der Waals surface area contributed by atoms with Crippen molar-refractivity contribution in [3.05, 3.63) is 114 Å². The number of alkyl halides is 1. The second-order valence-corrected chi connectivity index (χ2v) is 9.14. The van der Waals surface area contributed by atoms with Crippen LogP contribution < -0.4 is 9.47 Å². The van der Waals surface area contributed by atoms with Crippen LogP contribution in [0.1, 0.15) is 20.7 Å². The normalized spacial score (nSPS) is 10.7. The third-order valence-electron chi connectivity index (χ3n) is 5.65. The molecule has 0 saturated heterocycles. The van der Waals surface area contributed by atoms with Gasteiger partial charge in [0.2, 0.25) is 0 Å². The number of carbonyl (C=O) groups is 2. The van der Waals surface area contributed by atoms with Crippen LogP contribution in [-0.2, 0) is 9.53 Å². The van der Waals surface area contributed by atoms with Crippen LogP contribution in [0.15, 0.2) is 108 Å². The van der Waals surface area contributed by atoms with Gasteiger partial charge in [0.1, 0.15) is 33.4 Å². The topological polar surface area (TPSA) is 95.2 Å². The van der Waals surface area contributed by atoms with Gasteiger partial charge in [-0.25, -0.2) is 0 Å². The van der Waals surface area contributed by atoms with Gasteiger partial charge in [-0.2, -0.15) is 0 Å². The molecule has 4 aromatic carbocycles. The van der Waals surface area contributed by atoms with Crippen LogP contribution >= 0.6 is 15.9 Å². The minimum Gasteiger partial charge on any atom is -0.507 e. The Bertz CT molecular complexity index is 1510. The van der Waals surface area contributed by atoms with Gasteiger partial charge in [0.15, 0.2) is 6.29 Å². The number of halogens is 1. The van der Waals surface area contributed by atoms with Crippen molar-refractivity contribution in [2.75, 3.05) is 21.3 Å². The number of carbonyl (C=O) groups excluding carboxylic acids is 2. The molecule has 5 rings (SSSR count). The van der Waals surface area contributed by atoms with Gasteiger partial charge in [-0.3, -0.25) is 9.59 Å². The minimum atomic E-state index is -0.358. The Balaban J connectivity index is 0.000000172. The number of fused-ring (bicyclic) bond motifs is 1. The molecule has 0 spiro atoms. The number of methoxy groups -OCH3 is 3. The van der Waals surface area contributed by atoms with Gasteiger partial charge in [-0.1, -0.05) is 76.6 Å². The zero-order chi connectivity index (χ0) is 28.9. The van der Waals surface area contributed by atoms with Crippen molar-refractivity contribution in [3.63, 3.8) is 0 Å². The molecule has 206 valence electrons. The van der Waals surface area contributed by atoms with Crippen LogP contribution in [0.2, 0.25) is 0 Å². The van der Waals surface area contributed by atoms with E-state index in [1.165, 1.54) is 26.4 Å². The summed E-state index contributed by atoms with van der Waals surface area (Å²) in [6.07, 6.45) is 0.592. The highest BCUT2D eigenvalue weighted by molar-refractivity contribution is 9.09. The molecule has 1 heterocycles. The molecular weight excluding hydrogens is 576 g/mol. The highest BCUT2D eigenvalue weighted by atomic mass is 79.9. The van der Waals surface area contributed by atoms with Crippen LogP contribution in [0.4, 0.5) is 0 Å². The molecule has 7 nitrogen and oxygen atoms in total. The summed E-state index contributed by atoms with van der Waals surface area (Å²) >= 11 is 3.24. The molecule has 0 bridgehead atoms. The third-order valence-corrected chi connectivity index (χ3v) is 6.55. The number of hydrogen-bond donors (Lipinski definition) is 1. The lowest BCUT2D eigenvalue weighted by Gasteiger charge is -2.06. The van der Waals surface area contributed by atoms with E-state index in [4.69, 9.17) is 19.0 Å². The van der Waals surface area contributed by atoms with Crippen molar-refractivity contribution in [1.29, 1.82) is 0 Å². The number of aromatic hydroxyl groups is 1. The van der Waals surface area contributed by atoms with Crippen LogP contribution in [0.25, 0.3) is 22.3 Å². The van der Waals surface area contributed by atoms with Crippen molar-refractivity contribution in [2.24, 2.45) is 0 Å². The standard InChI is InChI=1S/C15H12O2.C9H9BrO2.C8H8O3/c1-16-13-8-7-12-9-14(17-15(12)10-13)11-5-3-2-4-6-11;1-12-9(11)8(10)7-5-3-2-4-6-7;1-11-7-3-2-6(5-9)8(10)4-7/h2-10H,1H3;2-6,8H,1H3;2-5,10H,1H3. The minimum absolute atomic E-state index is 0.0562. The molecule has 5 aromatic rings. The summed E-state index contributed by atoms with van der Waals surface area (Å²) in [5.41, 5.74) is 3.11. The number of aldehydes is 1. The number of furan rings is 1. The summed E-state index contributed by atoms with van der Waals surface area (Å²) in [6, 6.07) is 31.9. The fraction of sp³-hybridized carbons (Fsp3) is 0.125. The summed E-state index contributed by atoms with van der Waals surface area (Å²) in [6.45, 7) is 0. The lowest BCUT2D eigenvalue weighted by molar-refractivity contribution is -0.139. The lowest BCUT2D eigenvalue weighted by Crippen LogP contribution is -2.07. The Morgan fingerprint density at radius 2 is 1.43 bits per heavy atom. The monoisotopic (exact) mass is 604 g/mol. The molecule has 0 amide bonds. The molecule has 0 saturated carbocycles. The first-order chi connectivity index (χ1) is 19.4. The Morgan fingerprint density at radius 1 is 0.825 bits per heavy atom. The van der Waals surface area contributed by atoms with E-state index in [-0.39, 0.29) is 22.1 Å². The van der Waals surface area contributed by atoms with Gasteiger partial charge in [0, 0.05) is 23.1 Å². The predicted octanol–water partition coefficient (Wildman–Crippen LogP) is 7.62. The molecule has 0 radical (unpaired) electrons. The molecule has 1 unspecified atom stereocenters. The van der Waals surface area contributed by atoms with Gasteiger partial charge in [0.05, 0.1) is 26.9 Å². The summed E-state index contributed by atoms with van der Waals surface area (Å²) in [5, 5.41) is 10.2. The van der Waals surface area contributed by atoms with Crippen molar-refractivity contribution in [1.82, 2.24) is 0 Å². The number of benzene rings is 4. The van der Waals surface area contributed by atoms with Gasteiger partial charge in [-0.15, -0.1) is 0 Å². The fourth-order valence-corrected chi connectivity index (χ4v) is 3.99. The zero-order valence-corrected chi connectivity index (χ0v) is 23.8. The van der Waals surface area contributed by atoms with Gasteiger partial charge >= 0.3 is 5.97 Å². The molecule has 0 fully saturated rings. The van der Waals surface area contributed by atoms with Crippen molar-refractivity contribution < 1.29 is 33.3 Å². The molecule has 1 N–H and O–H groups in total. The summed E-state index contributed by atoms with van der Waals surface area (Å²) < 4.78 is 20.4. The smallest absolute Gasteiger partial charge is 0.323 e. The number of phenols is 1. The Morgan fingerprint density at radius 3 is 2.00 bits per heavy atom. The largest absolute Gasteiger partial charge is 0.507 e. The molecule has 0 aliphatic carbocycles. The second-order valence-electron chi connectivity index (χ2n) is 8.22.